The molecule has 1 atom stereocenters. The molecule has 3 aromatic rings. The fourth-order valence-corrected chi connectivity index (χ4v) is 6.19. The summed E-state index contributed by atoms with van der Waals surface area (Å²) in [6, 6.07) is 9.98. The molecule has 12 nitrogen and oxygen atoms in total. The molecule has 3 amide bonds. The number of rotatable bonds is 10. The summed E-state index contributed by atoms with van der Waals surface area (Å²) in [6.07, 6.45) is 3.47. The van der Waals surface area contributed by atoms with Crippen molar-refractivity contribution in [3.05, 3.63) is 69.8 Å². The molecule has 0 unspecified atom stereocenters. The molecule has 2 N–H and O–H groups in total. The molecule has 1 saturated heterocycles. The lowest BCUT2D eigenvalue weighted by molar-refractivity contribution is -0.132. The molecule has 12 heteroatoms. The van der Waals surface area contributed by atoms with Gasteiger partial charge in [0, 0.05) is 51.6 Å². The van der Waals surface area contributed by atoms with Crippen molar-refractivity contribution in [1.29, 1.82) is 0 Å². The van der Waals surface area contributed by atoms with Crippen LogP contribution in [0, 0.1) is 0 Å². The topological polar surface area (TPSA) is 140 Å². The molecule has 1 aliphatic carbocycles. The van der Waals surface area contributed by atoms with E-state index >= 15 is 0 Å². The van der Waals surface area contributed by atoms with Crippen LogP contribution in [0.2, 0.25) is 0 Å². The van der Waals surface area contributed by atoms with Crippen molar-refractivity contribution in [2.24, 2.45) is 0 Å². The summed E-state index contributed by atoms with van der Waals surface area (Å²) in [7, 11) is 4.67. The van der Waals surface area contributed by atoms with E-state index in [4.69, 9.17) is 18.6 Å². The molecular weight excluding hydrogens is 592 g/mol. The number of nitrogens with zero attached hydrogens (tertiary/aromatic N) is 2. The summed E-state index contributed by atoms with van der Waals surface area (Å²) in [4.78, 5) is 54.5. The highest BCUT2D eigenvalue weighted by Crippen LogP contribution is 2.50. The molecule has 0 spiro atoms. The molecule has 1 fully saturated rings. The summed E-state index contributed by atoms with van der Waals surface area (Å²) >= 11 is 0. The zero-order valence-electron chi connectivity index (χ0n) is 26.6. The van der Waals surface area contributed by atoms with Gasteiger partial charge in [0.1, 0.15) is 0 Å². The van der Waals surface area contributed by atoms with Gasteiger partial charge in [-0.25, -0.2) is 0 Å². The molecule has 2 heterocycles. The number of furan rings is 1. The summed E-state index contributed by atoms with van der Waals surface area (Å²) in [5, 5.41) is 6.22. The van der Waals surface area contributed by atoms with Crippen LogP contribution in [0.25, 0.3) is 11.1 Å². The number of carbonyl (C=O) groups excluding carboxylic acids is 3. The quantitative estimate of drug-likeness (QED) is 0.321. The van der Waals surface area contributed by atoms with Crippen LogP contribution in [-0.4, -0.2) is 81.6 Å². The van der Waals surface area contributed by atoms with Crippen LogP contribution < -0.4 is 30.3 Å². The van der Waals surface area contributed by atoms with Crippen LogP contribution in [0.5, 0.6) is 17.2 Å². The van der Waals surface area contributed by atoms with E-state index in [-0.39, 0.29) is 23.2 Å². The maximum Gasteiger partial charge on any atom is 0.289 e. The Hall–Kier alpha value is -5.00. The lowest BCUT2D eigenvalue weighted by Gasteiger charge is -2.34. The lowest BCUT2D eigenvalue weighted by atomic mass is 9.95. The van der Waals surface area contributed by atoms with Crippen molar-refractivity contribution in [2.45, 2.75) is 38.6 Å². The van der Waals surface area contributed by atoms with Gasteiger partial charge >= 0.3 is 0 Å². The molecule has 0 bridgehead atoms. The molecule has 2 aromatic carbocycles. The van der Waals surface area contributed by atoms with Crippen molar-refractivity contribution in [1.82, 2.24) is 15.1 Å². The molecule has 2 aliphatic rings. The minimum atomic E-state index is -0.401. The van der Waals surface area contributed by atoms with Crippen LogP contribution in [-0.2, 0) is 16.0 Å². The highest BCUT2D eigenvalue weighted by atomic mass is 16.5. The number of amides is 3. The molecule has 5 rings (SSSR count). The SMILES string of the molecule is COc1cc2c(c(OC)c1OC)-c1ccc(NCCCC(=O)N3CCN(C(=O)c4ccco4)CC3)c(=O)cc1[C@@H](NC(C)=O)CC2. The van der Waals surface area contributed by atoms with E-state index in [1.165, 1.54) is 13.2 Å². The van der Waals surface area contributed by atoms with E-state index < -0.39 is 6.04 Å². The van der Waals surface area contributed by atoms with Crippen molar-refractivity contribution in [2.75, 3.05) is 59.4 Å². The maximum atomic E-state index is 13.5. The third kappa shape index (κ3) is 6.80. The Morgan fingerprint density at radius 3 is 2.35 bits per heavy atom. The number of piperazine rings is 1. The molecular formula is C34H40N4O8. The first-order chi connectivity index (χ1) is 22.2. The minimum Gasteiger partial charge on any atom is -0.493 e. The fraction of sp³-hybridized carbons (Fsp3) is 0.412. The zero-order chi connectivity index (χ0) is 32.8. The fourth-order valence-electron chi connectivity index (χ4n) is 6.19. The average molecular weight is 633 g/mol. The number of aryl methyl sites for hydroxylation is 1. The van der Waals surface area contributed by atoms with E-state index in [9.17, 15) is 19.2 Å². The van der Waals surface area contributed by atoms with Crippen molar-refractivity contribution < 1.29 is 33.0 Å². The summed E-state index contributed by atoms with van der Waals surface area (Å²) in [6.45, 7) is 3.68. The van der Waals surface area contributed by atoms with E-state index in [0.717, 1.165) is 16.7 Å². The minimum absolute atomic E-state index is 0.00537. The monoisotopic (exact) mass is 632 g/mol. The number of benzene rings is 1. The van der Waals surface area contributed by atoms with Crippen LogP contribution in [0.1, 0.15) is 53.9 Å². The van der Waals surface area contributed by atoms with Crippen molar-refractivity contribution in [3.8, 4) is 28.4 Å². The number of hydrogen-bond acceptors (Lipinski definition) is 9. The smallest absolute Gasteiger partial charge is 0.289 e. The van der Waals surface area contributed by atoms with Crippen LogP contribution >= 0.6 is 0 Å². The Morgan fingerprint density at radius 1 is 0.957 bits per heavy atom. The van der Waals surface area contributed by atoms with Crippen LogP contribution in [0.4, 0.5) is 5.69 Å². The Bertz CT molecular complexity index is 1650. The van der Waals surface area contributed by atoms with Gasteiger partial charge in [-0.2, -0.15) is 0 Å². The van der Waals surface area contributed by atoms with Crippen molar-refractivity contribution >= 4 is 23.4 Å². The predicted molar refractivity (Wildman–Crippen MR) is 172 cm³/mol. The van der Waals surface area contributed by atoms with E-state index in [1.807, 2.05) is 12.1 Å². The number of nitrogens with one attached hydrogen (secondary N) is 2. The van der Waals surface area contributed by atoms with Gasteiger partial charge in [-0.1, -0.05) is 6.07 Å². The molecule has 46 heavy (non-hydrogen) atoms. The van der Waals surface area contributed by atoms with Gasteiger partial charge in [-0.15, -0.1) is 0 Å². The largest absolute Gasteiger partial charge is 0.493 e. The first-order valence-electron chi connectivity index (χ1n) is 15.4. The second-order valence-corrected chi connectivity index (χ2v) is 11.3. The van der Waals surface area contributed by atoms with Gasteiger partial charge in [-0.05, 0) is 66.3 Å². The molecule has 1 aromatic heterocycles. The Balaban J connectivity index is 1.30. The van der Waals surface area contributed by atoms with Gasteiger partial charge in [0.05, 0.1) is 39.3 Å². The van der Waals surface area contributed by atoms with E-state index in [1.54, 1.807) is 55.4 Å². The van der Waals surface area contributed by atoms with Gasteiger partial charge in [0.2, 0.25) is 23.0 Å². The first kappa shape index (κ1) is 32.4. The second kappa shape index (κ2) is 14.4. The summed E-state index contributed by atoms with van der Waals surface area (Å²) < 4.78 is 22.3. The van der Waals surface area contributed by atoms with Gasteiger partial charge in [-0.3, -0.25) is 19.2 Å². The number of anilines is 1. The number of methoxy groups -OCH3 is 3. The second-order valence-electron chi connectivity index (χ2n) is 11.3. The Kier molecular flexibility index (Phi) is 10.1. The molecule has 0 radical (unpaired) electrons. The number of carbonyl (C=O) groups is 3. The third-order valence-corrected chi connectivity index (χ3v) is 8.45. The van der Waals surface area contributed by atoms with E-state index in [2.05, 4.69) is 10.6 Å². The number of fused-ring (bicyclic) bond motifs is 3. The highest BCUT2D eigenvalue weighted by Gasteiger charge is 2.30. The summed E-state index contributed by atoms with van der Waals surface area (Å²) in [5.41, 5.74) is 3.30. The summed E-state index contributed by atoms with van der Waals surface area (Å²) in [5.74, 6) is 1.39. The highest BCUT2D eigenvalue weighted by molar-refractivity contribution is 5.91. The van der Waals surface area contributed by atoms with Gasteiger partial charge in [0.25, 0.3) is 5.91 Å². The van der Waals surface area contributed by atoms with E-state index in [0.29, 0.717) is 92.7 Å². The van der Waals surface area contributed by atoms with Gasteiger partial charge < -0.3 is 39.1 Å². The average Bonchev–Trinajstić information content (AvgIpc) is 3.51. The predicted octanol–water partition coefficient (Wildman–Crippen LogP) is 3.63. The number of hydrogen-bond donors (Lipinski definition) is 2. The Labute approximate surface area is 267 Å². The molecule has 0 saturated carbocycles. The zero-order valence-corrected chi connectivity index (χ0v) is 26.6. The molecule has 1 aliphatic heterocycles. The lowest BCUT2D eigenvalue weighted by Crippen LogP contribution is -2.50. The van der Waals surface area contributed by atoms with Crippen molar-refractivity contribution in [3.63, 3.8) is 0 Å². The first-order valence-corrected chi connectivity index (χ1v) is 15.4. The normalized spacial score (nSPS) is 15.6. The molecule has 244 valence electrons. The number of ether oxygens (including phenoxy) is 3. The standard InChI is InChI=1S/C34H40N4O8/c1-21(39)36-25-11-9-22-19-29(43-2)32(44-3)33(45-4)31(22)23-10-12-26(27(40)20-24(23)25)35-13-5-8-30(41)37-14-16-38(17-15-37)34(42)28-7-6-18-46-28/h6-7,10,12,18-20,25H,5,8-9,11,13-17H2,1-4H3,(H,35,40)(H,36,39)/t25-/m0/s1. The van der Waals surface area contributed by atoms with Gasteiger partial charge in [0.15, 0.2) is 17.3 Å². The maximum absolute atomic E-state index is 13.5. The Morgan fingerprint density at radius 2 is 1.70 bits per heavy atom. The van der Waals surface area contributed by atoms with Crippen LogP contribution in [0.15, 0.2) is 51.9 Å². The van der Waals surface area contributed by atoms with Crippen LogP contribution in [0.3, 0.4) is 0 Å². The third-order valence-electron chi connectivity index (χ3n) is 8.45.